The van der Waals surface area contributed by atoms with Crippen LogP contribution in [0, 0.1) is 17.8 Å². The molecule has 0 aromatic carbocycles. The molecule has 3 unspecified atom stereocenters. The summed E-state index contributed by atoms with van der Waals surface area (Å²) in [5.74, 6) is 0.205. The van der Waals surface area contributed by atoms with Crippen molar-refractivity contribution in [1.29, 1.82) is 0 Å². The average Bonchev–Trinajstić information content (AvgIpc) is 0.930. The molecule has 3 N–H and O–H groups in total. The molecular weight excluding hydrogens is 1280 g/mol. The third kappa shape index (κ3) is 71.1. The molecule has 0 spiro atoms. The van der Waals surface area contributed by atoms with Crippen LogP contribution in [-0.4, -0.2) is 96.7 Å². The Morgan fingerprint density at radius 2 is 0.520 bits per heavy atom. The van der Waals surface area contributed by atoms with Crippen molar-refractivity contribution in [2.45, 2.75) is 426 Å². The van der Waals surface area contributed by atoms with Gasteiger partial charge in [-0.25, -0.2) is 9.13 Å². The van der Waals surface area contributed by atoms with E-state index < -0.39 is 97.5 Å². The van der Waals surface area contributed by atoms with Gasteiger partial charge in [-0.2, -0.15) is 0 Å². The number of aliphatic hydroxyl groups excluding tert-OH is 1. The Hall–Kier alpha value is -1.94. The van der Waals surface area contributed by atoms with E-state index in [9.17, 15) is 43.2 Å². The van der Waals surface area contributed by atoms with Crippen LogP contribution in [0.2, 0.25) is 0 Å². The SMILES string of the molecule is CCCCCCCCCCCCCCCCCCCCC(=O)O[C@H](COC(=O)CCCCCCCCCCCCCC(C)C)COP(=O)(O)OC[C@@H](O)COP(=O)(O)OC[C@@H](COC(=O)CCCCCCCCCCCC(C)C)OC(=O)CCCCCCCCCCCCC(C)CC. The van der Waals surface area contributed by atoms with Crippen molar-refractivity contribution in [1.82, 2.24) is 0 Å². The molecule has 582 valence electrons. The second-order valence-corrected chi connectivity index (χ2v) is 32.6. The van der Waals surface area contributed by atoms with E-state index in [2.05, 4.69) is 48.5 Å². The second kappa shape index (κ2) is 69.4. The first kappa shape index (κ1) is 96.1. The molecule has 0 aliphatic carbocycles. The summed E-state index contributed by atoms with van der Waals surface area (Å²) in [6, 6.07) is 0. The van der Waals surface area contributed by atoms with Gasteiger partial charge in [-0.05, 0) is 43.4 Å². The minimum absolute atomic E-state index is 0.106. The molecule has 0 saturated carbocycles. The largest absolute Gasteiger partial charge is 0.472 e. The lowest BCUT2D eigenvalue weighted by atomic mass is 9.99. The molecule has 0 aliphatic heterocycles. The van der Waals surface area contributed by atoms with Crippen LogP contribution in [0.15, 0.2) is 0 Å². The molecule has 98 heavy (non-hydrogen) atoms. The zero-order valence-electron chi connectivity index (χ0n) is 64.3. The predicted molar refractivity (Wildman–Crippen MR) is 400 cm³/mol. The van der Waals surface area contributed by atoms with Gasteiger partial charge in [-0.15, -0.1) is 0 Å². The van der Waals surface area contributed by atoms with Crippen LogP contribution in [0.3, 0.4) is 0 Å². The van der Waals surface area contributed by atoms with E-state index in [1.807, 2.05) is 0 Å². The zero-order chi connectivity index (χ0) is 72.3. The number of carbonyl (C=O) groups excluding carboxylic acids is 4. The van der Waals surface area contributed by atoms with E-state index in [1.165, 1.54) is 218 Å². The van der Waals surface area contributed by atoms with Crippen LogP contribution >= 0.6 is 15.6 Å². The Morgan fingerprint density at radius 1 is 0.296 bits per heavy atom. The number of ether oxygens (including phenoxy) is 4. The van der Waals surface area contributed by atoms with Crippen LogP contribution in [0.1, 0.15) is 408 Å². The number of hydrogen-bond donors (Lipinski definition) is 3. The van der Waals surface area contributed by atoms with Gasteiger partial charge in [-0.3, -0.25) is 37.3 Å². The summed E-state index contributed by atoms with van der Waals surface area (Å²) in [5.41, 5.74) is 0. The van der Waals surface area contributed by atoms with Crippen LogP contribution in [0.5, 0.6) is 0 Å². The molecule has 0 bridgehead atoms. The first-order chi connectivity index (χ1) is 47.3. The van der Waals surface area contributed by atoms with Gasteiger partial charge in [0.2, 0.25) is 0 Å². The van der Waals surface area contributed by atoms with Gasteiger partial charge in [0.05, 0.1) is 26.4 Å². The summed E-state index contributed by atoms with van der Waals surface area (Å²) < 4.78 is 68.7. The van der Waals surface area contributed by atoms with E-state index in [4.69, 9.17) is 37.0 Å². The van der Waals surface area contributed by atoms with Gasteiger partial charge in [-0.1, -0.05) is 357 Å². The molecule has 0 aromatic rings. The maximum absolute atomic E-state index is 13.1. The highest BCUT2D eigenvalue weighted by atomic mass is 31.2. The summed E-state index contributed by atoms with van der Waals surface area (Å²) in [5, 5.41) is 10.6. The van der Waals surface area contributed by atoms with Crippen LogP contribution < -0.4 is 0 Å². The second-order valence-electron chi connectivity index (χ2n) is 29.6. The van der Waals surface area contributed by atoms with E-state index in [0.29, 0.717) is 25.7 Å². The van der Waals surface area contributed by atoms with Crippen molar-refractivity contribution in [3.8, 4) is 0 Å². The number of unbranched alkanes of at least 4 members (excludes halogenated alkanes) is 44. The molecule has 0 amide bonds. The number of phosphoric acid groups is 2. The minimum atomic E-state index is -4.96. The molecule has 0 fully saturated rings. The average molecular weight is 1440 g/mol. The highest BCUT2D eigenvalue weighted by Crippen LogP contribution is 2.45. The lowest BCUT2D eigenvalue weighted by Crippen LogP contribution is -2.30. The fourth-order valence-corrected chi connectivity index (χ4v) is 13.7. The Morgan fingerprint density at radius 3 is 0.776 bits per heavy atom. The molecule has 19 heteroatoms. The fourth-order valence-electron chi connectivity index (χ4n) is 12.1. The standard InChI is InChI=1S/C79H154O17P2/c1-8-10-11-12-13-14-15-16-17-18-19-20-21-24-33-41-48-55-62-78(83)95-74(66-89-76(81)60-53-46-39-32-25-22-23-29-36-43-50-57-70(3)4)68-93-97(85,86)91-64-73(80)65-92-98(87,88)94-69-75(67-90-77(82)61-54-47-40-35-28-30-37-44-51-58-71(5)6)96-79(84)63-56-49-42-34-27-26-31-38-45-52-59-72(7)9-2/h70-75,80H,8-69H2,1-7H3,(H,85,86)(H,87,88)/t72?,73-,74-,75-/m1/s1. The van der Waals surface area contributed by atoms with Crippen molar-refractivity contribution >= 4 is 39.5 Å². The number of hydrogen-bond acceptors (Lipinski definition) is 15. The van der Waals surface area contributed by atoms with Gasteiger partial charge in [0.15, 0.2) is 12.2 Å². The van der Waals surface area contributed by atoms with Gasteiger partial charge >= 0.3 is 39.5 Å². The highest BCUT2D eigenvalue weighted by Gasteiger charge is 2.30. The summed E-state index contributed by atoms with van der Waals surface area (Å²) in [4.78, 5) is 73.0. The third-order valence-corrected chi connectivity index (χ3v) is 20.6. The molecule has 0 rings (SSSR count). The van der Waals surface area contributed by atoms with Crippen molar-refractivity contribution < 1.29 is 80.2 Å². The molecule has 0 radical (unpaired) electrons. The number of aliphatic hydroxyl groups is 1. The summed E-state index contributed by atoms with van der Waals surface area (Å²) >= 11 is 0. The monoisotopic (exact) mass is 1440 g/mol. The molecule has 0 saturated heterocycles. The van der Waals surface area contributed by atoms with Gasteiger partial charge in [0.1, 0.15) is 19.3 Å². The summed E-state index contributed by atoms with van der Waals surface area (Å²) in [6.07, 6.45) is 56.8. The van der Waals surface area contributed by atoms with Gasteiger partial charge in [0.25, 0.3) is 0 Å². The molecule has 0 heterocycles. The predicted octanol–water partition coefficient (Wildman–Crippen LogP) is 23.4. The number of phosphoric ester groups is 2. The van der Waals surface area contributed by atoms with E-state index >= 15 is 0 Å². The summed E-state index contributed by atoms with van der Waals surface area (Å²) in [6.45, 7) is 11.9. The Balaban J connectivity index is 5.27. The van der Waals surface area contributed by atoms with Crippen LogP contribution in [-0.2, 0) is 65.4 Å². The molecule has 17 nitrogen and oxygen atoms in total. The topological polar surface area (TPSA) is 237 Å². The first-order valence-corrected chi connectivity index (χ1v) is 43.9. The Kier molecular flexibility index (Phi) is 68.1. The zero-order valence-corrected chi connectivity index (χ0v) is 66.0. The van der Waals surface area contributed by atoms with Crippen molar-refractivity contribution in [3.63, 3.8) is 0 Å². The third-order valence-electron chi connectivity index (χ3n) is 18.7. The number of carbonyl (C=O) groups is 4. The minimum Gasteiger partial charge on any atom is -0.462 e. The Bertz CT molecular complexity index is 1910. The molecule has 6 atom stereocenters. The molecular formula is C79H154O17P2. The highest BCUT2D eigenvalue weighted by molar-refractivity contribution is 7.47. The fraction of sp³-hybridized carbons (Fsp3) is 0.949. The molecule has 0 aliphatic rings. The first-order valence-electron chi connectivity index (χ1n) is 40.9. The van der Waals surface area contributed by atoms with Crippen LogP contribution in [0.4, 0.5) is 0 Å². The van der Waals surface area contributed by atoms with Crippen molar-refractivity contribution in [3.05, 3.63) is 0 Å². The smallest absolute Gasteiger partial charge is 0.462 e. The van der Waals surface area contributed by atoms with Crippen molar-refractivity contribution in [2.75, 3.05) is 39.6 Å². The van der Waals surface area contributed by atoms with E-state index in [0.717, 1.165) is 108 Å². The van der Waals surface area contributed by atoms with Gasteiger partial charge in [0, 0.05) is 25.7 Å². The maximum atomic E-state index is 13.1. The van der Waals surface area contributed by atoms with Crippen LogP contribution in [0.25, 0.3) is 0 Å². The lowest BCUT2D eigenvalue weighted by molar-refractivity contribution is -0.161. The summed E-state index contributed by atoms with van der Waals surface area (Å²) in [7, 11) is -9.92. The van der Waals surface area contributed by atoms with Gasteiger partial charge < -0.3 is 33.8 Å². The number of rotatable bonds is 77. The lowest BCUT2D eigenvalue weighted by Gasteiger charge is -2.21. The molecule has 0 aromatic heterocycles. The normalized spacial score (nSPS) is 14.3. The van der Waals surface area contributed by atoms with E-state index in [1.54, 1.807) is 0 Å². The van der Waals surface area contributed by atoms with Crippen molar-refractivity contribution in [2.24, 2.45) is 17.8 Å². The maximum Gasteiger partial charge on any atom is 0.472 e. The quantitative estimate of drug-likeness (QED) is 0.0222. The van der Waals surface area contributed by atoms with E-state index in [-0.39, 0.29) is 25.7 Å². The Labute approximate surface area is 600 Å². The number of esters is 4.